The van der Waals surface area contributed by atoms with Crippen LogP contribution in [0.4, 0.5) is 0 Å². The minimum Gasteiger partial charge on any atom is -0.497 e. The number of hydrogen-bond acceptors (Lipinski definition) is 4. The predicted molar refractivity (Wildman–Crippen MR) is 90.9 cm³/mol. The van der Waals surface area contributed by atoms with Crippen molar-refractivity contribution < 1.29 is 14.3 Å². The highest BCUT2D eigenvalue weighted by atomic mass is 79.9. The Bertz CT molecular complexity index is 856. The summed E-state index contributed by atoms with van der Waals surface area (Å²) in [5, 5.41) is 8.21. The summed E-state index contributed by atoms with van der Waals surface area (Å²) in [6, 6.07) is 11.5. The fourth-order valence-corrected chi connectivity index (χ4v) is 2.94. The molecule has 0 aliphatic rings. The highest BCUT2D eigenvalue weighted by Crippen LogP contribution is 2.27. The van der Waals surface area contributed by atoms with Crippen LogP contribution >= 0.6 is 15.9 Å². The molecule has 23 heavy (non-hydrogen) atoms. The van der Waals surface area contributed by atoms with Crippen LogP contribution in [-0.2, 0) is 11.2 Å². The fourth-order valence-electron chi connectivity index (χ4n) is 2.48. The molecule has 118 valence electrons. The molecule has 0 saturated heterocycles. The van der Waals surface area contributed by atoms with Crippen molar-refractivity contribution in [1.29, 1.82) is 0 Å². The molecule has 3 rings (SSSR count). The highest BCUT2D eigenvalue weighted by molar-refractivity contribution is 9.10. The van der Waals surface area contributed by atoms with Gasteiger partial charge in [0.2, 0.25) is 0 Å². The number of rotatable bonds is 4. The molecule has 1 aromatic heterocycles. The molecule has 1 heterocycles. The number of esters is 1. The van der Waals surface area contributed by atoms with Crippen LogP contribution in [0.5, 0.6) is 5.75 Å². The maximum absolute atomic E-state index is 11.9. The van der Waals surface area contributed by atoms with Gasteiger partial charge in [-0.05, 0) is 29.8 Å². The van der Waals surface area contributed by atoms with Gasteiger partial charge in [0.25, 0.3) is 0 Å². The van der Waals surface area contributed by atoms with Crippen molar-refractivity contribution in [3.05, 3.63) is 57.7 Å². The summed E-state index contributed by atoms with van der Waals surface area (Å²) in [4.78, 5) is 11.9. The summed E-state index contributed by atoms with van der Waals surface area (Å²) in [5.41, 5.74) is 3.12. The van der Waals surface area contributed by atoms with Crippen LogP contribution in [0.25, 0.3) is 10.9 Å². The lowest BCUT2D eigenvalue weighted by molar-refractivity contribution is 0.0602. The molecule has 2 aromatic carbocycles. The van der Waals surface area contributed by atoms with E-state index in [2.05, 4.69) is 26.1 Å². The maximum atomic E-state index is 11.9. The number of nitrogens with one attached hydrogen (secondary N) is 1. The van der Waals surface area contributed by atoms with E-state index in [1.165, 1.54) is 7.11 Å². The molecular formula is C17H15BrN2O3. The molecule has 0 atom stereocenters. The average Bonchev–Trinajstić information content (AvgIpc) is 2.96. The molecule has 0 aliphatic heterocycles. The lowest BCUT2D eigenvalue weighted by atomic mass is 10.0. The smallest absolute Gasteiger partial charge is 0.340 e. The van der Waals surface area contributed by atoms with Crippen molar-refractivity contribution >= 4 is 32.8 Å². The van der Waals surface area contributed by atoms with Crippen molar-refractivity contribution in [3.63, 3.8) is 0 Å². The van der Waals surface area contributed by atoms with Gasteiger partial charge in [-0.1, -0.05) is 28.1 Å². The normalized spacial score (nSPS) is 10.7. The summed E-state index contributed by atoms with van der Waals surface area (Å²) in [7, 11) is 3.00. The Labute approximate surface area is 141 Å². The van der Waals surface area contributed by atoms with Gasteiger partial charge in [0.1, 0.15) is 11.3 Å². The first-order valence-corrected chi connectivity index (χ1v) is 7.79. The molecule has 6 heteroatoms. The van der Waals surface area contributed by atoms with E-state index in [1.54, 1.807) is 13.2 Å². The first-order valence-electron chi connectivity index (χ1n) is 7.00. The van der Waals surface area contributed by atoms with Crippen molar-refractivity contribution in [2.24, 2.45) is 0 Å². The minimum absolute atomic E-state index is 0.404. The number of fused-ring (bicyclic) bond motifs is 1. The highest BCUT2D eigenvalue weighted by Gasteiger charge is 2.17. The fraction of sp³-hybridized carbons (Fsp3) is 0.176. The van der Waals surface area contributed by atoms with Crippen LogP contribution in [0.1, 0.15) is 21.6 Å². The van der Waals surface area contributed by atoms with E-state index in [0.29, 0.717) is 17.5 Å². The zero-order valence-electron chi connectivity index (χ0n) is 12.7. The molecule has 0 unspecified atom stereocenters. The Morgan fingerprint density at radius 3 is 2.61 bits per heavy atom. The molecule has 0 aliphatic carbocycles. The second kappa shape index (κ2) is 6.42. The van der Waals surface area contributed by atoms with Gasteiger partial charge in [-0.15, -0.1) is 0 Å². The second-order valence-electron chi connectivity index (χ2n) is 5.07. The molecule has 5 nitrogen and oxygen atoms in total. The van der Waals surface area contributed by atoms with E-state index in [-0.39, 0.29) is 0 Å². The first-order chi connectivity index (χ1) is 11.1. The standard InChI is InChI=1S/C17H15BrN2O3/c1-22-12-5-3-10(4-6-12)7-15-13-8-11(18)9-14(17(21)23-2)16(13)20-19-15/h3-6,8-9H,7H2,1-2H3,(H,19,20). The molecule has 0 saturated carbocycles. The van der Waals surface area contributed by atoms with Gasteiger partial charge in [-0.25, -0.2) is 4.79 Å². The largest absolute Gasteiger partial charge is 0.497 e. The Morgan fingerprint density at radius 2 is 1.96 bits per heavy atom. The lowest BCUT2D eigenvalue weighted by Gasteiger charge is -2.04. The Hall–Kier alpha value is -2.34. The van der Waals surface area contributed by atoms with Crippen molar-refractivity contribution in [2.45, 2.75) is 6.42 Å². The summed E-state index contributed by atoms with van der Waals surface area (Å²) in [6.45, 7) is 0. The predicted octanol–water partition coefficient (Wildman–Crippen LogP) is 3.71. The van der Waals surface area contributed by atoms with E-state index in [1.807, 2.05) is 30.3 Å². The van der Waals surface area contributed by atoms with Crippen LogP contribution in [0.15, 0.2) is 40.9 Å². The van der Waals surface area contributed by atoms with Crippen LogP contribution in [0, 0.1) is 0 Å². The number of carbonyl (C=O) groups excluding carboxylic acids is 1. The van der Waals surface area contributed by atoms with Crippen molar-refractivity contribution in [3.8, 4) is 5.75 Å². The average molecular weight is 375 g/mol. The van der Waals surface area contributed by atoms with Crippen LogP contribution < -0.4 is 4.74 Å². The lowest BCUT2D eigenvalue weighted by Crippen LogP contribution is -2.02. The maximum Gasteiger partial charge on any atom is 0.340 e. The third kappa shape index (κ3) is 3.07. The van der Waals surface area contributed by atoms with Crippen LogP contribution in [-0.4, -0.2) is 30.4 Å². The Kier molecular flexibility index (Phi) is 4.34. The minimum atomic E-state index is -0.404. The van der Waals surface area contributed by atoms with E-state index in [9.17, 15) is 4.79 Å². The quantitative estimate of drug-likeness (QED) is 0.707. The number of aromatic nitrogens is 2. The van der Waals surface area contributed by atoms with Gasteiger partial charge in [0, 0.05) is 22.0 Å². The van der Waals surface area contributed by atoms with Crippen molar-refractivity contribution in [2.75, 3.05) is 14.2 Å². The Balaban J connectivity index is 2.01. The topological polar surface area (TPSA) is 64.2 Å². The number of ether oxygens (including phenoxy) is 2. The molecular weight excluding hydrogens is 360 g/mol. The van der Waals surface area contributed by atoms with Gasteiger partial charge in [0.05, 0.1) is 19.8 Å². The molecule has 0 radical (unpaired) electrons. The van der Waals surface area contributed by atoms with Gasteiger partial charge < -0.3 is 9.47 Å². The van der Waals surface area contributed by atoms with E-state index >= 15 is 0 Å². The molecule has 1 N–H and O–H groups in total. The number of halogens is 1. The monoisotopic (exact) mass is 374 g/mol. The third-order valence-electron chi connectivity index (χ3n) is 3.65. The SMILES string of the molecule is COC(=O)c1cc(Br)cc2c(Cc3ccc(OC)cc3)[nH]nc12. The van der Waals surface area contributed by atoms with Crippen molar-refractivity contribution in [1.82, 2.24) is 10.2 Å². The molecule has 0 spiro atoms. The number of aromatic amines is 1. The second-order valence-corrected chi connectivity index (χ2v) is 5.98. The van der Waals surface area contributed by atoms with Gasteiger partial charge in [0.15, 0.2) is 0 Å². The number of benzene rings is 2. The number of hydrogen-bond donors (Lipinski definition) is 1. The molecule has 3 aromatic rings. The Morgan fingerprint density at radius 1 is 1.22 bits per heavy atom. The van der Waals surface area contributed by atoms with Gasteiger partial charge in [-0.3, -0.25) is 5.10 Å². The number of carbonyl (C=O) groups is 1. The summed E-state index contributed by atoms with van der Waals surface area (Å²) in [5.74, 6) is 0.415. The van der Waals surface area contributed by atoms with Crippen LogP contribution in [0.3, 0.4) is 0 Å². The summed E-state index contributed by atoms with van der Waals surface area (Å²) >= 11 is 3.44. The zero-order chi connectivity index (χ0) is 16.4. The first kappa shape index (κ1) is 15.6. The number of H-pyrrole nitrogens is 1. The molecule has 0 bridgehead atoms. The van der Waals surface area contributed by atoms with E-state index in [0.717, 1.165) is 26.9 Å². The molecule has 0 amide bonds. The number of nitrogens with zero attached hydrogens (tertiary/aromatic N) is 1. The van der Waals surface area contributed by atoms with Gasteiger partial charge in [-0.2, -0.15) is 5.10 Å². The van der Waals surface area contributed by atoms with Crippen LogP contribution in [0.2, 0.25) is 0 Å². The van der Waals surface area contributed by atoms with E-state index in [4.69, 9.17) is 9.47 Å². The summed E-state index contributed by atoms with van der Waals surface area (Å²) < 4.78 is 10.8. The third-order valence-corrected chi connectivity index (χ3v) is 4.11. The summed E-state index contributed by atoms with van der Waals surface area (Å²) in [6.07, 6.45) is 0.678. The van der Waals surface area contributed by atoms with E-state index < -0.39 is 5.97 Å². The molecule has 0 fully saturated rings. The number of methoxy groups -OCH3 is 2. The van der Waals surface area contributed by atoms with Gasteiger partial charge >= 0.3 is 5.97 Å². The zero-order valence-corrected chi connectivity index (χ0v) is 14.3.